The average Bonchev–Trinajstić information content (AvgIpc) is 3.13. The van der Waals surface area contributed by atoms with Gasteiger partial charge in [0, 0.05) is 24.5 Å². The fraction of sp³-hybridized carbons (Fsp3) is 0.273. The average molecular weight is 378 g/mol. The number of rotatable bonds is 5. The van der Waals surface area contributed by atoms with E-state index in [1.165, 1.54) is 0 Å². The molecule has 2 aromatic carbocycles. The van der Waals surface area contributed by atoms with Crippen molar-refractivity contribution in [2.24, 2.45) is 0 Å². The molecule has 1 aliphatic rings. The molecule has 6 nitrogen and oxygen atoms in total. The molecule has 0 aliphatic carbocycles. The SMILES string of the molecule is O=C(O)c1cccc(CN2CCCC(NC(=O)c3cc4ccccc4o3)C2)c1. The Morgan fingerprint density at radius 1 is 1.14 bits per heavy atom. The lowest BCUT2D eigenvalue weighted by Crippen LogP contribution is -2.47. The first-order valence-electron chi connectivity index (χ1n) is 9.42. The number of hydrogen-bond donors (Lipinski definition) is 2. The van der Waals surface area contributed by atoms with Gasteiger partial charge in [-0.3, -0.25) is 9.69 Å². The molecule has 6 heteroatoms. The number of carboxylic acids is 1. The van der Waals surface area contributed by atoms with Crippen LogP contribution in [0.25, 0.3) is 11.0 Å². The zero-order valence-corrected chi connectivity index (χ0v) is 15.4. The van der Waals surface area contributed by atoms with Gasteiger partial charge in [-0.15, -0.1) is 0 Å². The van der Waals surface area contributed by atoms with Crippen LogP contribution in [0.5, 0.6) is 0 Å². The van der Waals surface area contributed by atoms with Crippen molar-refractivity contribution in [1.82, 2.24) is 10.2 Å². The van der Waals surface area contributed by atoms with Crippen molar-refractivity contribution < 1.29 is 19.1 Å². The number of benzene rings is 2. The lowest BCUT2D eigenvalue weighted by atomic mass is 10.0. The minimum Gasteiger partial charge on any atom is -0.478 e. The van der Waals surface area contributed by atoms with Crippen LogP contribution in [-0.4, -0.2) is 41.0 Å². The minimum atomic E-state index is -0.920. The van der Waals surface area contributed by atoms with E-state index < -0.39 is 5.97 Å². The van der Waals surface area contributed by atoms with Crippen LogP contribution >= 0.6 is 0 Å². The van der Waals surface area contributed by atoms with E-state index in [4.69, 9.17) is 9.52 Å². The van der Waals surface area contributed by atoms with Crippen LogP contribution in [0.2, 0.25) is 0 Å². The van der Waals surface area contributed by atoms with Gasteiger partial charge in [0.15, 0.2) is 5.76 Å². The van der Waals surface area contributed by atoms with Gasteiger partial charge < -0.3 is 14.8 Å². The van der Waals surface area contributed by atoms with Crippen LogP contribution < -0.4 is 5.32 Å². The molecular formula is C22H22N2O4. The summed E-state index contributed by atoms with van der Waals surface area (Å²) in [5.41, 5.74) is 1.96. The first-order chi connectivity index (χ1) is 13.6. The van der Waals surface area contributed by atoms with Gasteiger partial charge in [-0.1, -0.05) is 30.3 Å². The summed E-state index contributed by atoms with van der Waals surface area (Å²) in [5.74, 6) is -0.792. The van der Waals surface area contributed by atoms with Crippen molar-refractivity contribution in [3.05, 3.63) is 71.5 Å². The molecule has 0 radical (unpaired) electrons. The number of para-hydroxylation sites is 1. The van der Waals surface area contributed by atoms with Crippen LogP contribution in [0.1, 0.15) is 39.3 Å². The lowest BCUT2D eigenvalue weighted by molar-refractivity contribution is 0.0696. The molecule has 28 heavy (non-hydrogen) atoms. The predicted octanol–water partition coefficient (Wildman–Crippen LogP) is 3.53. The quantitative estimate of drug-likeness (QED) is 0.710. The van der Waals surface area contributed by atoms with Crippen LogP contribution in [0.15, 0.2) is 59.0 Å². The van der Waals surface area contributed by atoms with Gasteiger partial charge in [-0.25, -0.2) is 4.79 Å². The summed E-state index contributed by atoms with van der Waals surface area (Å²) >= 11 is 0. The molecule has 1 fully saturated rings. The molecular weight excluding hydrogens is 356 g/mol. The second-order valence-corrected chi connectivity index (χ2v) is 7.20. The number of nitrogens with one attached hydrogen (secondary N) is 1. The highest BCUT2D eigenvalue weighted by Crippen LogP contribution is 2.20. The molecule has 144 valence electrons. The Balaban J connectivity index is 1.39. The van der Waals surface area contributed by atoms with E-state index in [9.17, 15) is 9.59 Å². The smallest absolute Gasteiger partial charge is 0.335 e. The standard InChI is InChI=1S/C22H22N2O4/c25-21(20-12-16-6-1-2-9-19(16)28-20)23-18-8-4-10-24(14-18)13-15-5-3-7-17(11-15)22(26)27/h1-3,5-7,9,11-12,18H,4,8,10,13-14H2,(H,23,25)(H,26,27). The second-order valence-electron chi connectivity index (χ2n) is 7.20. The third-order valence-corrected chi connectivity index (χ3v) is 5.07. The number of aromatic carboxylic acids is 1. The molecule has 1 aromatic heterocycles. The van der Waals surface area contributed by atoms with E-state index in [2.05, 4.69) is 10.2 Å². The molecule has 0 bridgehead atoms. The van der Waals surface area contributed by atoms with Gasteiger partial charge in [0.2, 0.25) is 0 Å². The summed E-state index contributed by atoms with van der Waals surface area (Å²) in [5, 5.41) is 13.1. The number of fused-ring (bicyclic) bond motifs is 1. The van der Waals surface area contributed by atoms with Crippen LogP contribution in [0, 0.1) is 0 Å². The summed E-state index contributed by atoms with van der Waals surface area (Å²) < 4.78 is 5.65. The molecule has 0 saturated carbocycles. The predicted molar refractivity (Wildman–Crippen MR) is 105 cm³/mol. The minimum absolute atomic E-state index is 0.0390. The van der Waals surface area contributed by atoms with E-state index in [-0.39, 0.29) is 11.9 Å². The van der Waals surface area contributed by atoms with Crippen molar-refractivity contribution >= 4 is 22.8 Å². The van der Waals surface area contributed by atoms with Gasteiger partial charge in [0.05, 0.1) is 5.56 Å². The van der Waals surface area contributed by atoms with Gasteiger partial charge in [-0.05, 0) is 49.2 Å². The van der Waals surface area contributed by atoms with Crippen LogP contribution in [0.3, 0.4) is 0 Å². The van der Waals surface area contributed by atoms with Crippen LogP contribution in [-0.2, 0) is 6.54 Å². The summed E-state index contributed by atoms with van der Waals surface area (Å²) in [7, 11) is 0. The normalized spacial score (nSPS) is 17.5. The monoisotopic (exact) mass is 378 g/mol. The fourth-order valence-electron chi connectivity index (χ4n) is 3.73. The van der Waals surface area contributed by atoms with Crippen molar-refractivity contribution in [3.8, 4) is 0 Å². The van der Waals surface area contributed by atoms with Crippen molar-refractivity contribution in [3.63, 3.8) is 0 Å². The van der Waals surface area contributed by atoms with E-state index in [0.717, 1.165) is 36.9 Å². The number of amides is 1. The maximum Gasteiger partial charge on any atom is 0.335 e. The summed E-state index contributed by atoms with van der Waals surface area (Å²) in [6.45, 7) is 2.32. The summed E-state index contributed by atoms with van der Waals surface area (Å²) in [6.07, 6.45) is 1.89. The molecule has 1 unspecified atom stereocenters. The van der Waals surface area contributed by atoms with Crippen molar-refractivity contribution in [2.75, 3.05) is 13.1 Å². The highest BCUT2D eigenvalue weighted by Gasteiger charge is 2.23. The van der Waals surface area contributed by atoms with E-state index in [0.29, 0.717) is 23.5 Å². The number of likely N-dealkylation sites (tertiary alicyclic amines) is 1. The van der Waals surface area contributed by atoms with Crippen molar-refractivity contribution in [1.29, 1.82) is 0 Å². The number of carbonyl (C=O) groups excluding carboxylic acids is 1. The highest BCUT2D eigenvalue weighted by atomic mass is 16.4. The molecule has 3 aromatic rings. The maximum absolute atomic E-state index is 12.6. The Kier molecular flexibility index (Phi) is 5.12. The summed E-state index contributed by atoms with van der Waals surface area (Å²) in [4.78, 5) is 26.0. The van der Waals surface area contributed by atoms with Crippen LogP contribution in [0.4, 0.5) is 0 Å². The molecule has 1 saturated heterocycles. The molecule has 1 amide bonds. The Hall–Kier alpha value is -3.12. The topological polar surface area (TPSA) is 82.8 Å². The molecule has 1 atom stereocenters. The van der Waals surface area contributed by atoms with Crippen molar-refractivity contribution in [2.45, 2.75) is 25.4 Å². The van der Waals surface area contributed by atoms with Gasteiger partial charge >= 0.3 is 5.97 Å². The third-order valence-electron chi connectivity index (χ3n) is 5.07. The van der Waals surface area contributed by atoms with Gasteiger partial charge in [-0.2, -0.15) is 0 Å². The maximum atomic E-state index is 12.6. The molecule has 2 N–H and O–H groups in total. The second kappa shape index (κ2) is 7.86. The van der Waals surface area contributed by atoms with E-state index in [1.54, 1.807) is 24.3 Å². The number of furan rings is 1. The number of carbonyl (C=O) groups is 2. The van der Waals surface area contributed by atoms with Gasteiger partial charge in [0.1, 0.15) is 5.58 Å². The number of nitrogens with zero attached hydrogens (tertiary/aromatic N) is 1. The molecule has 4 rings (SSSR count). The zero-order valence-electron chi connectivity index (χ0n) is 15.4. The zero-order chi connectivity index (χ0) is 19.5. The number of piperidine rings is 1. The number of hydrogen-bond acceptors (Lipinski definition) is 4. The van der Waals surface area contributed by atoms with E-state index >= 15 is 0 Å². The fourth-order valence-corrected chi connectivity index (χ4v) is 3.73. The largest absolute Gasteiger partial charge is 0.478 e. The Morgan fingerprint density at radius 3 is 2.82 bits per heavy atom. The van der Waals surface area contributed by atoms with E-state index in [1.807, 2.05) is 30.3 Å². The number of carboxylic acid groups (broad SMARTS) is 1. The lowest BCUT2D eigenvalue weighted by Gasteiger charge is -2.33. The summed E-state index contributed by atoms with van der Waals surface area (Å²) in [6, 6.07) is 16.4. The molecule has 1 aliphatic heterocycles. The first-order valence-corrected chi connectivity index (χ1v) is 9.42. The molecule has 2 heterocycles. The van der Waals surface area contributed by atoms with Gasteiger partial charge in [0.25, 0.3) is 5.91 Å². The first kappa shape index (κ1) is 18.3. The highest BCUT2D eigenvalue weighted by molar-refractivity contribution is 5.96. The third kappa shape index (κ3) is 4.07. The molecule has 0 spiro atoms. The Labute approximate surface area is 162 Å². The Bertz CT molecular complexity index is 977. The Morgan fingerprint density at radius 2 is 2.00 bits per heavy atom.